The normalized spacial score (nSPS) is 13.2. The third-order valence-corrected chi connectivity index (χ3v) is 2.92. The molecular weight excluding hydrogens is 267 g/mol. The minimum atomic E-state index is -4.13. The van der Waals surface area contributed by atoms with Gasteiger partial charge in [0.15, 0.2) is 0 Å². The van der Waals surface area contributed by atoms with Crippen molar-refractivity contribution < 1.29 is 17.9 Å². The molecule has 5 heteroatoms. The summed E-state index contributed by atoms with van der Waals surface area (Å²) in [6.45, 7) is 5.06. The lowest BCUT2D eigenvalue weighted by Gasteiger charge is -2.22. The standard InChI is InChI=1S/C15H22F3NO/c1-3-11-20-14-8-6-5-7-12(14)13(19-4-2)9-10-15(16,17)18/h5-8,13,19H,3-4,9-11H2,1-2H3. The summed E-state index contributed by atoms with van der Waals surface area (Å²) in [5.74, 6) is 0.669. The van der Waals surface area contributed by atoms with Crippen molar-refractivity contribution in [2.45, 2.75) is 45.3 Å². The average molecular weight is 289 g/mol. The smallest absolute Gasteiger partial charge is 0.389 e. The fraction of sp³-hybridized carbons (Fsp3) is 0.600. The number of ether oxygens (including phenoxy) is 1. The summed E-state index contributed by atoms with van der Waals surface area (Å²) in [5.41, 5.74) is 0.798. The summed E-state index contributed by atoms with van der Waals surface area (Å²) in [6.07, 6.45) is -4.05. The minimum absolute atomic E-state index is 0.0177. The third-order valence-electron chi connectivity index (χ3n) is 2.92. The number of hydrogen-bond donors (Lipinski definition) is 1. The van der Waals surface area contributed by atoms with Gasteiger partial charge in [0.2, 0.25) is 0 Å². The number of benzene rings is 1. The Morgan fingerprint density at radius 2 is 1.90 bits per heavy atom. The second-order valence-electron chi connectivity index (χ2n) is 4.65. The molecule has 0 aliphatic carbocycles. The van der Waals surface area contributed by atoms with Crippen LogP contribution in [0.5, 0.6) is 5.75 Å². The molecule has 1 aromatic carbocycles. The molecule has 0 saturated carbocycles. The lowest BCUT2D eigenvalue weighted by atomic mass is 10.0. The summed E-state index contributed by atoms with van der Waals surface area (Å²) in [4.78, 5) is 0. The van der Waals surface area contributed by atoms with Gasteiger partial charge in [0, 0.05) is 18.0 Å². The molecule has 0 bridgehead atoms. The van der Waals surface area contributed by atoms with Crippen molar-refractivity contribution >= 4 is 0 Å². The maximum Gasteiger partial charge on any atom is 0.389 e. The molecule has 0 heterocycles. The van der Waals surface area contributed by atoms with E-state index in [9.17, 15) is 13.2 Å². The van der Waals surface area contributed by atoms with E-state index in [0.29, 0.717) is 18.9 Å². The van der Waals surface area contributed by atoms with Gasteiger partial charge in [0.25, 0.3) is 0 Å². The first kappa shape index (κ1) is 16.8. The van der Waals surface area contributed by atoms with Gasteiger partial charge in [-0.15, -0.1) is 0 Å². The number of hydrogen-bond acceptors (Lipinski definition) is 2. The van der Waals surface area contributed by atoms with Gasteiger partial charge in [-0.25, -0.2) is 0 Å². The zero-order chi connectivity index (χ0) is 15.0. The van der Waals surface area contributed by atoms with Gasteiger partial charge >= 0.3 is 6.18 Å². The highest BCUT2D eigenvalue weighted by molar-refractivity contribution is 5.36. The van der Waals surface area contributed by atoms with Gasteiger partial charge in [-0.05, 0) is 25.5 Å². The van der Waals surface area contributed by atoms with Crippen LogP contribution in [0.15, 0.2) is 24.3 Å². The maximum absolute atomic E-state index is 12.4. The zero-order valence-electron chi connectivity index (χ0n) is 12.0. The molecule has 2 nitrogen and oxygen atoms in total. The molecule has 0 aliphatic heterocycles. The lowest BCUT2D eigenvalue weighted by molar-refractivity contribution is -0.136. The molecule has 0 fully saturated rings. The first-order chi connectivity index (χ1) is 9.48. The van der Waals surface area contributed by atoms with E-state index in [4.69, 9.17) is 4.74 Å². The van der Waals surface area contributed by atoms with E-state index in [2.05, 4.69) is 5.32 Å². The number of alkyl halides is 3. The van der Waals surface area contributed by atoms with Crippen molar-refractivity contribution in [1.82, 2.24) is 5.32 Å². The fourth-order valence-electron chi connectivity index (χ4n) is 2.03. The highest BCUT2D eigenvalue weighted by Gasteiger charge is 2.29. The number of nitrogens with one attached hydrogen (secondary N) is 1. The highest BCUT2D eigenvalue weighted by Crippen LogP contribution is 2.32. The van der Waals surface area contributed by atoms with Crippen LogP contribution in [0.2, 0.25) is 0 Å². The first-order valence-corrected chi connectivity index (χ1v) is 6.99. The van der Waals surface area contributed by atoms with Crippen LogP contribution in [0.25, 0.3) is 0 Å². The molecule has 1 aromatic rings. The van der Waals surface area contributed by atoms with Gasteiger partial charge < -0.3 is 10.1 Å². The molecular formula is C15H22F3NO. The van der Waals surface area contributed by atoms with Crippen LogP contribution in [-0.4, -0.2) is 19.3 Å². The van der Waals surface area contributed by atoms with Crippen molar-refractivity contribution in [3.8, 4) is 5.75 Å². The summed E-state index contributed by atoms with van der Waals surface area (Å²) < 4.78 is 42.9. The van der Waals surface area contributed by atoms with Crippen molar-refractivity contribution in [2.24, 2.45) is 0 Å². The number of halogens is 3. The fourth-order valence-corrected chi connectivity index (χ4v) is 2.03. The molecule has 1 unspecified atom stereocenters. The molecule has 1 rings (SSSR count). The van der Waals surface area contributed by atoms with E-state index < -0.39 is 12.6 Å². The monoisotopic (exact) mass is 289 g/mol. The summed E-state index contributed by atoms with van der Waals surface area (Å²) in [5, 5.41) is 3.11. The van der Waals surface area contributed by atoms with E-state index in [1.165, 1.54) is 0 Å². The summed E-state index contributed by atoms with van der Waals surface area (Å²) in [7, 11) is 0. The maximum atomic E-state index is 12.4. The largest absolute Gasteiger partial charge is 0.493 e. The van der Waals surface area contributed by atoms with Crippen LogP contribution >= 0.6 is 0 Å². The van der Waals surface area contributed by atoms with Crippen LogP contribution in [0.3, 0.4) is 0 Å². The molecule has 20 heavy (non-hydrogen) atoms. The number of rotatable bonds is 8. The topological polar surface area (TPSA) is 21.3 Å². The average Bonchev–Trinajstić information content (AvgIpc) is 2.40. The Labute approximate surface area is 118 Å². The first-order valence-electron chi connectivity index (χ1n) is 6.99. The van der Waals surface area contributed by atoms with Crippen LogP contribution in [0, 0.1) is 0 Å². The summed E-state index contributed by atoms with van der Waals surface area (Å²) >= 11 is 0. The highest BCUT2D eigenvalue weighted by atomic mass is 19.4. The van der Waals surface area contributed by atoms with Gasteiger partial charge in [0.1, 0.15) is 5.75 Å². The molecule has 1 atom stereocenters. The molecule has 1 N–H and O–H groups in total. The molecule has 0 spiro atoms. The van der Waals surface area contributed by atoms with Crippen LogP contribution in [0.4, 0.5) is 13.2 Å². The Morgan fingerprint density at radius 3 is 2.50 bits per heavy atom. The molecule has 0 saturated heterocycles. The lowest BCUT2D eigenvalue weighted by Crippen LogP contribution is -2.23. The second-order valence-corrected chi connectivity index (χ2v) is 4.65. The zero-order valence-corrected chi connectivity index (χ0v) is 12.0. The van der Waals surface area contributed by atoms with E-state index >= 15 is 0 Å². The van der Waals surface area contributed by atoms with E-state index in [-0.39, 0.29) is 12.5 Å². The Kier molecular flexibility index (Phi) is 6.85. The van der Waals surface area contributed by atoms with Gasteiger partial charge in [-0.1, -0.05) is 32.0 Å². The van der Waals surface area contributed by atoms with E-state index in [1.54, 1.807) is 0 Å². The molecule has 114 valence electrons. The molecule has 0 radical (unpaired) electrons. The molecule has 0 aromatic heterocycles. The van der Waals surface area contributed by atoms with Gasteiger partial charge in [0.05, 0.1) is 6.61 Å². The predicted molar refractivity (Wildman–Crippen MR) is 73.9 cm³/mol. The summed E-state index contributed by atoms with van der Waals surface area (Å²) in [6, 6.07) is 6.96. The van der Waals surface area contributed by atoms with Crippen molar-refractivity contribution in [1.29, 1.82) is 0 Å². The van der Waals surface area contributed by atoms with Crippen LogP contribution < -0.4 is 10.1 Å². The van der Waals surface area contributed by atoms with Crippen molar-refractivity contribution in [3.63, 3.8) is 0 Å². The Hall–Kier alpha value is -1.23. The van der Waals surface area contributed by atoms with Crippen LogP contribution in [0.1, 0.15) is 44.7 Å². The second kappa shape index (κ2) is 8.15. The Balaban J connectivity index is 2.84. The SMILES string of the molecule is CCCOc1ccccc1C(CCC(F)(F)F)NCC. The van der Waals surface area contributed by atoms with Crippen LogP contribution in [-0.2, 0) is 0 Å². The molecule has 0 amide bonds. The molecule has 0 aliphatic rings. The minimum Gasteiger partial charge on any atom is -0.493 e. The van der Waals surface area contributed by atoms with Crippen molar-refractivity contribution in [2.75, 3.05) is 13.2 Å². The predicted octanol–water partition coefficient (Wildman–Crippen LogP) is 4.47. The third kappa shape index (κ3) is 5.82. The number of para-hydroxylation sites is 1. The van der Waals surface area contributed by atoms with Gasteiger partial charge in [-0.3, -0.25) is 0 Å². The van der Waals surface area contributed by atoms with E-state index in [1.807, 2.05) is 38.1 Å². The van der Waals surface area contributed by atoms with Crippen molar-refractivity contribution in [3.05, 3.63) is 29.8 Å². The Morgan fingerprint density at radius 1 is 1.20 bits per heavy atom. The Bertz CT molecular complexity index is 393. The van der Waals surface area contributed by atoms with E-state index in [0.717, 1.165) is 12.0 Å². The quantitative estimate of drug-likeness (QED) is 0.762. The van der Waals surface area contributed by atoms with Gasteiger partial charge in [-0.2, -0.15) is 13.2 Å².